The maximum absolute atomic E-state index is 12.0. The van der Waals surface area contributed by atoms with E-state index in [-0.39, 0.29) is 11.8 Å². The zero-order chi connectivity index (χ0) is 13.6. The fourth-order valence-corrected chi connectivity index (χ4v) is 1.40. The van der Waals surface area contributed by atoms with Gasteiger partial charge in [-0.3, -0.25) is 4.79 Å². The van der Waals surface area contributed by atoms with Crippen molar-refractivity contribution in [2.24, 2.45) is 5.41 Å². The Kier molecular flexibility index (Phi) is 6.16. The minimum Gasteiger partial charge on any atom is -0.337 e. The second-order valence-corrected chi connectivity index (χ2v) is 5.24. The predicted octanol–water partition coefficient (Wildman–Crippen LogP) is 0.851. The lowest BCUT2D eigenvalue weighted by Crippen LogP contribution is -2.49. The van der Waals surface area contributed by atoms with Crippen LogP contribution in [-0.4, -0.2) is 49.9 Å². The molecule has 0 spiro atoms. The van der Waals surface area contributed by atoms with Gasteiger partial charge in [-0.05, 0) is 14.0 Å². The number of amides is 2. The molecule has 0 rings (SSSR count). The fourth-order valence-electron chi connectivity index (χ4n) is 1.40. The van der Waals surface area contributed by atoms with Crippen molar-refractivity contribution in [3.63, 3.8) is 0 Å². The number of carbonyl (C=O) groups is 2. The number of hydrogen-bond donors (Lipinski definition) is 2. The monoisotopic (exact) mass is 243 g/mol. The standard InChI is InChI=1S/C12H25N3O2/c1-9(10(16)12(2,3)4)15(6)11(17)14-8-7-13-5/h9,13H,7-8H2,1-6H3,(H,14,17). The molecule has 0 saturated carbocycles. The molecule has 0 radical (unpaired) electrons. The van der Waals surface area contributed by atoms with Crippen molar-refractivity contribution in [3.05, 3.63) is 0 Å². The molecule has 0 aliphatic carbocycles. The first-order valence-corrected chi connectivity index (χ1v) is 5.91. The van der Waals surface area contributed by atoms with Crippen LogP contribution >= 0.6 is 0 Å². The maximum atomic E-state index is 12.0. The van der Waals surface area contributed by atoms with Gasteiger partial charge in [0.15, 0.2) is 5.78 Å². The molecule has 0 aliphatic heterocycles. The highest BCUT2D eigenvalue weighted by molar-refractivity contribution is 5.91. The second kappa shape index (κ2) is 6.59. The minimum atomic E-state index is -0.432. The highest BCUT2D eigenvalue weighted by Crippen LogP contribution is 2.18. The van der Waals surface area contributed by atoms with Crippen LogP contribution in [0.4, 0.5) is 4.79 Å². The van der Waals surface area contributed by atoms with Crippen LogP contribution in [0.2, 0.25) is 0 Å². The first-order chi connectivity index (χ1) is 7.71. The maximum Gasteiger partial charge on any atom is 0.317 e. The highest BCUT2D eigenvalue weighted by Gasteiger charge is 2.30. The summed E-state index contributed by atoms with van der Waals surface area (Å²) in [7, 11) is 3.46. The van der Waals surface area contributed by atoms with Gasteiger partial charge in [0.1, 0.15) is 0 Å². The Balaban J connectivity index is 4.34. The van der Waals surface area contributed by atoms with Crippen LogP contribution in [0, 0.1) is 5.41 Å². The zero-order valence-corrected chi connectivity index (χ0v) is 11.8. The summed E-state index contributed by atoms with van der Waals surface area (Å²) in [5, 5.41) is 5.68. The molecule has 5 nitrogen and oxygen atoms in total. The van der Waals surface area contributed by atoms with E-state index >= 15 is 0 Å². The summed E-state index contributed by atoms with van der Waals surface area (Å²) in [4.78, 5) is 25.2. The lowest BCUT2D eigenvalue weighted by atomic mass is 9.86. The Morgan fingerprint density at radius 2 is 1.76 bits per heavy atom. The van der Waals surface area contributed by atoms with Gasteiger partial charge in [-0.2, -0.15) is 0 Å². The van der Waals surface area contributed by atoms with Crippen LogP contribution in [0.25, 0.3) is 0 Å². The summed E-state index contributed by atoms with van der Waals surface area (Å²) in [6.07, 6.45) is 0. The molecule has 0 fully saturated rings. The summed E-state index contributed by atoms with van der Waals surface area (Å²) in [6, 6.07) is -0.630. The van der Waals surface area contributed by atoms with Crippen LogP contribution in [0.3, 0.4) is 0 Å². The fraction of sp³-hybridized carbons (Fsp3) is 0.833. The number of likely N-dealkylation sites (N-methyl/N-ethyl adjacent to an activating group) is 2. The molecule has 0 aromatic heterocycles. The highest BCUT2D eigenvalue weighted by atomic mass is 16.2. The van der Waals surface area contributed by atoms with Crippen molar-refractivity contribution < 1.29 is 9.59 Å². The molecule has 100 valence electrons. The van der Waals surface area contributed by atoms with Crippen molar-refractivity contribution in [3.8, 4) is 0 Å². The summed E-state index contributed by atoms with van der Waals surface area (Å²) >= 11 is 0. The molecule has 17 heavy (non-hydrogen) atoms. The molecule has 2 amide bonds. The number of carbonyl (C=O) groups excluding carboxylic acids is 2. The van der Waals surface area contributed by atoms with Crippen molar-refractivity contribution in [2.45, 2.75) is 33.7 Å². The molecule has 5 heteroatoms. The van der Waals surface area contributed by atoms with Gasteiger partial charge in [-0.25, -0.2) is 4.79 Å². The van der Waals surface area contributed by atoms with E-state index in [1.807, 2.05) is 27.8 Å². The lowest BCUT2D eigenvalue weighted by Gasteiger charge is -2.29. The topological polar surface area (TPSA) is 61.4 Å². The van der Waals surface area contributed by atoms with Gasteiger partial charge < -0.3 is 15.5 Å². The molecule has 0 heterocycles. The van der Waals surface area contributed by atoms with Crippen LogP contribution in [0.15, 0.2) is 0 Å². The molecular weight excluding hydrogens is 218 g/mol. The molecule has 0 bridgehead atoms. The van der Waals surface area contributed by atoms with Crippen molar-refractivity contribution >= 4 is 11.8 Å². The van der Waals surface area contributed by atoms with E-state index in [0.717, 1.165) is 0 Å². The molecule has 1 unspecified atom stereocenters. The number of rotatable bonds is 5. The average Bonchev–Trinajstić information content (AvgIpc) is 2.25. The number of urea groups is 1. The largest absolute Gasteiger partial charge is 0.337 e. The normalized spacial score (nSPS) is 13.1. The predicted molar refractivity (Wildman–Crippen MR) is 69.0 cm³/mol. The summed E-state index contributed by atoms with van der Waals surface area (Å²) in [5.41, 5.74) is -0.432. The zero-order valence-electron chi connectivity index (χ0n) is 11.8. The Morgan fingerprint density at radius 3 is 2.18 bits per heavy atom. The van der Waals surface area contributed by atoms with E-state index < -0.39 is 11.5 Å². The number of nitrogens with one attached hydrogen (secondary N) is 2. The van der Waals surface area contributed by atoms with E-state index in [2.05, 4.69) is 10.6 Å². The van der Waals surface area contributed by atoms with Gasteiger partial charge in [-0.15, -0.1) is 0 Å². The van der Waals surface area contributed by atoms with Crippen LogP contribution in [0.5, 0.6) is 0 Å². The van der Waals surface area contributed by atoms with E-state index in [0.29, 0.717) is 13.1 Å². The van der Waals surface area contributed by atoms with E-state index in [4.69, 9.17) is 0 Å². The van der Waals surface area contributed by atoms with Crippen molar-refractivity contribution in [2.75, 3.05) is 27.2 Å². The number of ketones is 1. The Morgan fingerprint density at radius 1 is 1.24 bits per heavy atom. The van der Waals surface area contributed by atoms with Gasteiger partial charge in [-0.1, -0.05) is 20.8 Å². The van der Waals surface area contributed by atoms with E-state index in [1.165, 1.54) is 4.90 Å². The van der Waals surface area contributed by atoms with Crippen LogP contribution in [-0.2, 0) is 4.79 Å². The van der Waals surface area contributed by atoms with Gasteiger partial charge in [0.2, 0.25) is 0 Å². The molecule has 2 N–H and O–H groups in total. The van der Waals surface area contributed by atoms with Crippen molar-refractivity contribution in [1.29, 1.82) is 0 Å². The van der Waals surface area contributed by atoms with E-state index in [9.17, 15) is 9.59 Å². The molecule has 0 saturated heterocycles. The summed E-state index contributed by atoms with van der Waals surface area (Å²) < 4.78 is 0. The molecule has 1 atom stereocenters. The third-order valence-corrected chi connectivity index (χ3v) is 2.67. The SMILES string of the molecule is CNCCNC(=O)N(C)C(C)C(=O)C(C)(C)C. The second-order valence-electron chi connectivity index (χ2n) is 5.24. The van der Waals surface area contributed by atoms with E-state index in [1.54, 1.807) is 14.0 Å². The smallest absolute Gasteiger partial charge is 0.317 e. The van der Waals surface area contributed by atoms with Crippen LogP contribution in [0.1, 0.15) is 27.7 Å². The van der Waals surface area contributed by atoms with Crippen LogP contribution < -0.4 is 10.6 Å². The quantitative estimate of drug-likeness (QED) is 0.704. The molecule has 0 aromatic rings. The molecule has 0 aliphatic rings. The first-order valence-electron chi connectivity index (χ1n) is 5.91. The third-order valence-electron chi connectivity index (χ3n) is 2.67. The minimum absolute atomic E-state index is 0.0590. The van der Waals surface area contributed by atoms with Crippen molar-refractivity contribution in [1.82, 2.24) is 15.5 Å². The van der Waals surface area contributed by atoms with Gasteiger partial charge >= 0.3 is 6.03 Å². The van der Waals surface area contributed by atoms with Gasteiger partial charge in [0.05, 0.1) is 6.04 Å². The lowest BCUT2D eigenvalue weighted by molar-refractivity contribution is -0.130. The number of hydrogen-bond acceptors (Lipinski definition) is 3. The van der Waals surface area contributed by atoms with Gasteiger partial charge in [0.25, 0.3) is 0 Å². The number of Topliss-reactive ketones (excluding diaryl/α,β-unsaturated/α-hetero) is 1. The first kappa shape index (κ1) is 15.9. The summed E-state index contributed by atoms with van der Waals surface area (Å²) in [5.74, 6) is 0.0590. The Hall–Kier alpha value is -1.10. The van der Waals surface area contributed by atoms with Gasteiger partial charge in [0, 0.05) is 25.6 Å². The molecule has 0 aromatic carbocycles. The Labute approximate surface area is 104 Å². The Bertz CT molecular complexity index is 271. The average molecular weight is 243 g/mol. The molecular formula is C12H25N3O2. The summed E-state index contributed by atoms with van der Waals surface area (Å²) in [6.45, 7) is 8.60. The number of nitrogens with zero attached hydrogens (tertiary/aromatic N) is 1. The third kappa shape index (κ3) is 5.17.